The van der Waals surface area contributed by atoms with Crippen molar-refractivity contribution in [3.8, 4) is 0 Å². The monoisotopic (exact) mass is 242 g/mol. The zero-order chi connectivity index (χ0) is 12.3. The molecule has 0 bridgehead atoms. The number of likely N-dealkylation sites (tertiary alicyclic amines) is 1. The Kier molecular flexibility index (Phi) is 4.01. The quantitative estimate of drug-likeness (QED) is 0.785. The van der Waals surface area contributed by atoms with Gasteiger partial charge in [0, 0.05) is 26.2 Å². The summed E-state index contributed by atoms with van der Waals surface area (Å²) >= 11 is 0. The van der Waals surface area contributed by atoms with Crippen molar-refractivity contribution >= 4 is 5.97 Å². The van der Waals surface area contributed by atoms with Gasteiger partial charge in [0.2, 0.25) is 0 Å². The van der Waals surface area contributed by atoms with E-state index in [2.05, 4.69) is 4.90 Å². The molecule has 0 radical (unpaired) electrons. The zero-order valence-corrected chi connectivity index (χ0v) is 10.5. The SMILES string of the molecule is CC(C(=O)O)(N1CCCCC1)N1CCOCC1. The summed E-state index contributed by atoms with van der Waals surface area (Å²) in [5.74, 6) is -0.735. The lowest BCUT2D eigenvalue weighted by Crippen LogP contribution is -2.66. The Morgan fingerprint density at radius 1 is 1.06 bits per heavy atom. The third kappa shape index (κ3) is 2.46. The van der Waals surface area contributed by atoms with E-state index in [0.717, 1.165) is 25.9 Å². The maximum absolute atomic E-state index is 11.7. The Bertz CT molecular complexity index is 253. The number of piperidine rings is 1. The number of carboxylic acids is 1. The first kappa shape index (κ1) is 12.8. The van der Waals surface area contributed by atoms with Gasteiger partial charge < -0.3 is 9.84 Å². The van der Waals surface area contributed by atoms with Crippen molar-refractivity contribution in [1.29, 1.82) is 0 Å². The second-order valence-corrected chi connectivity index (χ2v) is 4.97. The maximum Gasteiger partial charge on any atom is 0.339 e. The molecule has 98 valence electrons. The van der Waals surface area contributed by atoms with Crippen molar-refractivity contribution in [3.63, 3.8) is 0 Å². The lowest BCUT2D eigenvalue weighted by atomic mass is 10.0. The molecule has 2 heterocycles. The van der Waals surface area contributed by atoms with Crippen LogP contribution in [0.2, 0.25) is 0 Å². The van der Waals surface area contributed by atoms with E-state index in [1.807, 2.05) is 11.8 Å². The standard InChI is InChI=1S/C12H22N2O3/c1-12(11(15)16,13-5-3-2-4-6-13)14-7-9-17-10-8-14/h2-10H2,1H3,(H,15,16). The summed E-state index contributed by atoms with van der Waals surface area (Å²) in [6.45, 7) is 6.30. The van der Waals surface area contributed by atoms with Crippen molar-refractivity contribution < 1.29 is 14.6 Å². The summed E-state index contributed by atoms with van der Waals surface area (Å²) in [7, 11) is 0. The zero-order valence-electron chi connectivity index (χ0n) is 10.5. The molecule has 1 atom stereocenters. The van der Waals surface area contributed by atoms with Crippen molar-refractivity contribution in [3.05, 3.63) is 0 Å². The van der Waals surface area contributed by atoms with Crippen molar-refractivity contribution in [1.82, 2.24) is 9.80 Å². The molecule has 1 N–H and O–H groups in total. The first-order valence-electron chi connectivity index (χ1n) is 6.47. The Labute approximate surface area is 102 Å². The van der Waals surface area contributed by atoms with E-state index in [9.17, 15) is 9.90 Å². The van der Waals surface area contributed by atoms with Crippen molar-refractivity contribution in [2.75, 3.05) is 39.4 Å². The first-order chi connectivity index (χ1) is 8.15. The minimum Gasteiger partial charge on any atom is -0.479 e. The van der Waals surface area contributed by atoms with Gasteiger partial charge in [0.25, 0.3) is 0 Å². The molecule has 0 aliphatic carbocycles. The molecule has 5 heteroatoms. The van der Waals surface area contributed by atoms with Gasteiger partial charge in [0.05, 0.1) is 13.2 Å². The molecular weight excluding hydrogens is 220 g/mol. The highest BCUT2D eigenvalue weighted by atomic mass is 16.5. The van der Waals surface area contributed by atoms with Crippen molar-refractivity contribution in [2.24, 2.45) is 0 Å². The van der Waals surface area contributed by atoms with Gasteiger partial charge in [-0.3, -0.25) is 9.80 Å². The van der Waals surface area contributed by atoms with Gasteiger partial charge in [0.15, 0.2) is 5.66 Å². The van der Waals surface area contributed by atoms with Crippen LogP contribution in [-0.4, -0.2) is 65.9 Å². The third-order valence-electron chi connectivity index (χ3n) is 4.00. The smallest absolute Gasteiger partial charge is 0.339 e. The Hall–Kier alpha value is -0.650. The van der Waals surface area contributed by atoms with Crippen LogP contribution >= 0.6 is 0 Å². The van der Waals surface area contributed by atoms with Crippen LogP contribution in [0.15, 0.2) is 0 Å². The molecule has 1 unspecified atom stereocenters. The first-order valence-corrected chi connectivity index (χ1v) is 6.47. The predicted molar refractivity (Wildman–Crippen MR) is 63.9 cm³/mol. The van der Waals surface area contributed by atoms with Crippen molar-refractivity contribution in [2.45, 2.75) is 31.8 Å². The number of nitrogens with zero attached hydrogens (tertiary/aromatic N) is 2. The van der Waals surface area contributed by atoms with Crippen LogP contribution < -0.4 is 0 Å². The Morgan fingerprint density at radius 2 is 1.59 bits per heavy atom. The van der Waals surface area contributed by atoms with Crippen LogP contribution in [-0.2, 0) is 9.53 Å². The number of carbonyl (C=O) groups is 1. The highest BCUT2D eigenvalue weighted by Crippen LogP contribution is 2.26. The fourth-order valence-corrected chi connectivity index (χ4v) is 2.80. The van der Waals surface area contributed by atoms with E-state index in [1.54, 1.807) is 0 Å². The van der Waals surface area contributed by atoms with Gasteiger partial charge in [-0.1, -0.05) is 6.42 Å². The Morgan fingerprint density at radius 3 is 2.12 bits per heavy atom. The van der Waals surface area contributed by atoms with Gasteiger partial charge >= 0.3 is 5.97 Å². The van der Waals surface area contributed by atoms with E-state index < -0.39 is 11.6 Å². The van der Waals surface area contributed by atoms with E-state index in [4.69, 9.17) is 4.74 Å². The summed E-state index contributed by atoms with van der Waals surface area (Å²) in [6, 6.07) is 0. The summed E-state index contributed by atoms with van der Waals surface area (Å²) in [5.41, 5.74) is -0.857. The van der Waals surface area contributed by atoms with E-state index in [0.29, 0.717) is 26.3 Å². The fraction of sp³-hybridized carbons (Fsp3) is 0.917. The van der Waals surface area contributed by atoms with Gasteiger partial charge in [-0.2, -0.15) is 0 Å². The average molecular weight is 242 g/mol. The second-order valence-electron chi connectivity index (χ2n) is 4.97. The Balaban J connectivity index is 2.14. The van der Waals surface area contributed by atoms with Gasteiger partial charge in [0.1, 0.15) is 0 Å². The van der Waals surface area contributed by atoms with Crippen LogP contribution in [0.3, 0.4) is 0 Å². The lowest BCUT2D eigenvalue weighted by Gasteiger charge is -2.48. The average Bonchev–Trinajstić information content (AvgIpc) is 2.39. The number of carboxylic acid groups (broad SMARTS) is 1. The molecule has 0 aromatic rings. The number of morpholine rings is 1. The highest BCUT2D eigenvalue weighted by Gasteiger charge is 2.45. The minimum atomic E-state index is -0.857. The molecule has 2 rings (SSSR count). The van der Waals surface area contributed by atoms with Crippen LogP contribution in [0.1, 0.15) is 26.2 Å². The molecule has 2 saturated heterocycles. The number of aliphatic carboxylic acids is 1. The molecule has 0 aromatic heterocycles. The molecule has 17 heavy (non-hydrogen) atoms. The van der Waals surface area contributed by atoms with Gasteiger partial charge in [-0.25, -0.2) is 4.79 Å². The molecule has 2 fully saturated rings. The van der Waals surface area contributed by atoms with E-state index in [-0.39, 0.29) is 0 Å². The lowest BCUT2D eigenvalue weighted by molar-refractivity contribution is -0.173. The molecule has 2 aliphatic rings. The maximum atomic E-state index is 11.7. The summed E-state index contributed by atoms with van der Waals surface area (Å²) in [5, 5.41) is 9.61. The topological polar surface area (TPSA) is 53.0 Å². The van der Waals surface area contributed by atoms with E-state index >= 15 is 0 Å². The summed E-state index contributed by atoms with van der Waals surface area (Å²) < 4.78 is 5.31. The van der Waals surface area contributed by atoms with Crippen LogP contribution in [0, 0.1) is 0 Å². The molecule has 5 nitrogen and oxygen atoms in total. The molecule has 0 aromatic carbocycles. The van der Waals surface area contributed by atoms with Gasteiger partial charge in [-0.15, -0.1) is 0 Å². The largest absolute Gasteiger partial charge is 0.479 e. The second kappa shape index (κ2) is 5.33. The number of ether oxygens (including phenoxy) is 1. The summed E-state index contributed by atoms with van der Waals surface area (Å²) in [4.78, 5) is 15.9. The van der Waals surface area contributed by atoms with Crippen LogP contribution in [0.5, 0.6) is 0 Å². The van der Waals surface area contributed by atoms with Crippen LogP contribution in [0.4, 0.5) is 0 Å². The van der Waals surface area contributed by atoms with E-state index in [1.165, 1.54) is 6.42 Å². The molecule has 0 amide bonds. The predicted octanol–water partition coefficient (Wildman–Crippen LogP) is 0.605. The number of hydrogen-bond donors (Lipinski definition) is 1. The molecule has 2 aliphatic heterocycles. The summed E-state index contributed by atoms with van der Waals surface area (Å²) in [6.07, 6.45) is 3.43. The minimum absolute atomic E-state index is 0.636. The highest BCUT2D eigenvalue weighted by molar-refractivity contribution is 5.77. The third-order valence-corrected chi connectivity index (χ3v) is 4.00. The number of hydrogen-bond acceptors (Lipinski definition) is 4. The molecule has 0 spiro atoms. The fourth-order valence-electron chi connectivity index (χ4n) is 2.80. The number of rotatable bonds is 3. The molecular formula is C12H22N2O3. The molecule has 0 saturated carbocycles. The van der Waals surface area contributed by atoms with Gasteiger partial charge in [-0.05, 0) is 19.8 Å². The van der Waals surface area contributed by atoms with Crippen LogP contribution in [0.25, 0.3) is 0 Å². The normalized spacial score (nSPS) is 27.6.